The van der Waals surface area contributed by atoms with Gasteiger partial charge in [0.15, 0.2) is 0 Å². The number of hydrogen-bond acceptors (Lipinski definition) is 6. The topological polar surface area (TPSA) is 83.0 Å². The lowest BCUT2D eigenvalue weighted by molar-refractivity contribution is 0.0503. The van der Waals surface area contributed by atoms with Crippen molar-refractivity contribution < 1.29 is 22.3 Å². The van der Waals surface area contributed by atoms with Gasteiger partial charge in [0, 0.05) is 37.2 Å². The van der Waals surface area contributed by atoms with Crippen molar-refractivity contribution in [2.24, 2.45) is 5.41 Å². The third kappa shape index (κ3) is 4.24. The second-order valence-electron chi connectivity index (χ2n) is 9.62. The first-order valence-corrected chi connectivity index (χ1v) is 12.6. The number of ether oxygens (including phenoxy) is 1. The molecule has 0 radical (unpaired) electrons. The summed E-state index contributed by atoms with van der Waals surface area (Å²) < 4.78 is 44.8. The van der Waals surface area contributed by atoms with Gasteiger partial charge in [-0.25, -0.2) is 22.6 Å². The van der Waals surface area contributed by atoms with Crippen LogP contribution in [0.1, 0.15) is 38.2 Å². The van der Waals surface area contributed by atoms with Crippen molar-refractivity contribution in [3.05, 3.63) is 23.6 Å². The fraction of sp³-hybridized carbons (Fsp3) is 0.714. The molecule has 10 heteroatoms. The Morgan fingerprint density at radius 2 is 1.84 bits per heavy atom. The van der Waals surface area contributed by atoms with Crippen molar-refractivity contribution in [1.82, 2.24) is 14.8 Å². The highest BCUT2D eigenvalue weighted by Gasteiger charge is 2.48. The third-order valence-electron chi connectivity index (χ3n) is 7.31. The van der Waals surface area contributed by atoms with Gasteiger partial charge in [0.2, 0.25) is 10.0 Å². The van der Waals surface area contributed by atoms with Gasteiger partial charge in [0.25, 0.3) is 0 Å². The number of piperidine rings is 2. The molecule has 4 rings (SSSR count). The van der Waals surface area contributed by atoms with Gasteiger partial charge < -0.3 is 14.5 Å². The summed E-state index contributed by atoms with van der Waals surface area (Å²) in [5.41, 5.74) is 0.448. The molecule has 1 spiro atoms. The summed E-state index contributed by atoms with van der Waals surface area (Å²) in [6.45, 7) is 6.57. The molecule has 0 aromatic carbocycles. The molecule has 0 N–H and O–H groups in total. The lowest BCUT2D eigenvalue weighted by Gasteiger charge is -2.45. The van der Waals surface area contributed by atoms with Gasteiger partial charge in [-0.1, -0.05) is 6.92 Å². The van der Waals surface area contributed by atoms with Crippen LogP contribution in [0.15, 0.2) is 12.3 Å². The molecule has 3 aliphatic heterocycles. The molecule has 0 unspecified atom stereocenters. The molecule has 1 aromatic rings. The third-order valence-corrected chi connectivity index (χ3v) is 8.41. The van der Waals surface area contributed by atoms with Gasteiger partial charge in [-0.3, -0.25) is 4.31 Å². The van der Waals surface area contributed by atoms with E-state index in [2.05, 4.69) is 16.8 Å². The summed E-state index contributed by atoms with van der Waals surface area (Å²) in [6, 6.07) is 1.47. The number of pyridine rings is 1. The summed E-state index contributed by atoms with van der Waals surface area (Å²) in [4.78, 5) is 20.1. The molecule has 0 saturated carbocycles. The van der Waals surface area contributed by atoms with E-state index < -0.39 is 15.8 Å². The quantitative estimate of drug-likeness (QED) is 0.696. The van der Waals surface area contributed by atoms with E-state index >= 15 is 0 Å². The number of hydrogen-bond donors (Lipinski definition) is 0. The first-order valence-electron chi connectivity index (χ1n) is 10.7. The van der Waals surface area contributed by atoms with Crippen molar-refractivity contribution >= 4 is 21.9 Å². The highest BCUT2D eigenvalue weighted by atomic mass is 32.2. The van der Waals surface area contributed by atoms with Crippen LogP contribution >= 0.6 is 0 Å². The largest absolute Gasteiger partial charge is 0.453 e. The van der Waals surface area contributed by atoms with Crippen LogP contribution in [0, 0.1) is 11.2 Å². The van der Waals surface area contributed by atoms with Crippen molar-refractivity contribution in [2.75, 3.05) is 56.9 Å². The lowest BCUT2D eigenvalue weighted by atomic mass is 9.73. The second-order valence-corrected chi connectivity index (χ2v) is 11.5. The van der Waals surface area contributed by atoms with Crippen molar-refractivity contribution in [3.63, 3.8) is 0 Å². The zero-order chi connectivity index (χ0) is 22.4. The smallest absolute Gasteiger partial charge is 0.409 e. The summed E-state index contributed by atoms with van der Waals surface area (Å²) in [6.07, 6.45) is 5.37. The fourth-order valence-corrected chi connectivity index (χ4v) is 6.29. The van der Waals surface area contributed by atoms with Gasteiger partial charge in [0.1, 0.15) is 11.6 Å². The number of nitrogens with zero attached hydrogens (tertiary/aromatic N) is 4. The molecule has 8 nitrogen and oxygen atoms in total. The zero-order valence-electron chi connectivity index (χ0n) is 18.4. The number of likely N-dealkylation sites (tertiary alicyclic amines) is 2. The van der Waals surface area contributed by atoms with E-state index in [1.165, 1.54) is 23.7 Å². The number of fused-ring (bicyclic) bond motifs is 2. The van der Waals surface area contributed by atoms with Crippen LogP contribution < -0.4 is 4.31 Å². The summed E-state index contributed by atoms with van der Waals surface area (Å²) in [5, 5.41) is 0. The average molecular weight is 455 g/mol. The Kier molecular flexibility index (Phi) is 5.66. The predicted octanol–water partition coefficient (Wildman–Crippen LogP) is 2.20. The second kappa shape index (κ2) is 7.88. The van der Waals surface area contributed by atoms with E-state index in [1.807, 2.05) is 0 Å². The number of anilines is 1. The molecule has 2 fully saturated rings. The van der Waals surface area contributed by atoms with Crippen LogP contribution in [0.2, 0.25) is 0 Å². The number of methoxy groups -OCH3 is 1. The van der Waals surface area contributed by atoms with Crippen LogP contribution in [0.4, 0.5) is 15.0 Å². The van der Waals surface area contributed by atoms with Gasteiger partial charge in [0.05, 0.1) is 19.6 Å². The first-order chi connectivity index (χ1) is 14.6. The Bertz CT molecular complexity index is 954. The van der Waals surface area contributed by atoms with Crippen molar-refractivity contribution in [2.45, 2.75) is 38.0 Å². The maximum atomic E-state index is 14.0. The Balaban J connectivity index is 1.43. The minimum Gasteiger partial charge on any atom is -0.453 e. The molecule has 3 aliphatic rings. The zero-order valence-corrected chi connectivity index (χ0v) is 19.3. The number of carbonyl (C=O) groups is 1. The molecule has 0 atom stereocenters. The number of halogens is 1. The predicted molar refractivity (Wildman–Crippen MR) is 115 cm³/mol. The lowest BCUT2D eigenvalue weighted by Crippen LogP contribution is -2.51. The first kappa shape index (κ1) is 22.3. The van der Waals surface area contributed by atoms with Gasteiger partial charge in [-0.15, -0.1) is 0 Å². The molecule has 4 heterocycles. The van der Waals surface area contributed by atoms with E-state index in [0.717, 1.165) is 57.1 Å². The van der Waals surface area contributed by atoms with E-state index in [0.29, 0.717) is 25.5 Å². The summed E-state index contributed by atoms with van der Waals surface area (Å²) in [5.74, 6) is -0.0553. The molecule has 172 valence electrons. The van der Waals surface area contributed by atoms with E-state index in [1.54, 1.807) is 4.90 Å². The van der Waals surface area contributed by atoms with Crippen LogP contribution in [0.5, 0.6) is 0 Å². The van der Waals surface area contributed by atoms with Crippen LogP contribution in [-0.4, -0.2) is 81.9 Å². The molecular weight excluding hydrogens is 423 g/mol. The number of rotatable bonds is 3. The standard InChI is InChI=1S/C21H31FN4O4S/c1-20(4-10-25(11-5-20)19(27)30-2)14-24-8-6-21(7-9-24)15-26(31(3,28)29)18-17(21)12-16(22)13-23-18/h12-13H,4-11,14-15H2,1-3H3. The highest BCUT2D eigenvalue weighted by Crippen LogP contribution is 2.47. The molecule has 2 saturated heterocycles. The van der Waals surface area contributed by atoms with Gasteiger partial charge >= 0.3 is 6.09 Å². The Hall–Kier alpha value is -1.94. The van der Waals surface area contributed by atoms with Crippen LogP contribution in [0.25, 0.3) is 0 Å². The van der Waals surface area contributed by atoms with Crippen LogP contribution in [-0.2, 0) is 20.2 Å². The molecular formula is C21H31FN4O4S. The Morgan fingerprint density at radius 1 is 1.19 bits per heavy atom. The SMILES string of the molecule is COC(=O)N1CCC(C)(CN2CCC3(CC2)CN(S(C)(=O)=O)c2ncc(F)cc23)CC1. The fourth-order valence-electron chi connectivity index (χ4n) is 5.35. The molecule has 31 heavy (non-hydrogen) atoms. The number of sulfonamides is 1. The van der Waals surface area contributed by atoms with Gasteiger partial charge in [-0.2, -0.15) is 0 Å². The molecule has 0 aliphatic carbocycles. The normalized spacial score (nSPS) is 23.1. The average Bonchev–Trinajstić information content (AvgIpc) is 3.04. The molecule has 1 aromatic heterocycles. The van der Waals surface area contributed by atoms with E-state index in [4.69, 9.17) is 4.74 Å². The summed E-state index contributed by atoms with van der Waals surface area (Å²) in [7, 11) is -2.06. The number of carbonyl (C=O) groups excluding carboxylic acids is 1. The maximum Gasteiger partial charge on any atom is 0.409 e. The monoisotopic (exact) mass is 454 g/mol. The summed E-state index contributed by atoms with van der Waals surface area (Å²) >= 11 is 0. The minimum absolute atomic E-state index is 0.120. The molecule has 0 bridgehead atoms. The Labute approximate surface area is 183 Å². The van der Waals surface area contributed by atoms with Crippen molar-refractivity contribution in [1.29, 1.82) is 0 Å². The van der Waals surface area contributed by atoms with E-state index in [-0.39, 0.29) is 16.9 Å². The van der Waals surface area contributed by atoms with E-state index in [9.17, 15) is 17.6 Å². The number of aromatic nitrogens is 1. The highest BCUT2D eigenvalue weighted by molar-refractivity contribution is 7.92. The van der Waals surface area contributed by atoms with Crippen molar-refractivity contribution in [3.8, 4) is 0 Å². The molecule has 1 amide bonds. The maximum absolute atomic E-state index is 14.0. The number of amides is 1. The Morgan fingerprint density at radius 3 is 2.42 bits per heavy atom. The minimum atomic E-state index is -3.47. The van der Waals surface area contributed by atoms with Gasteiger partial charge in [-0.05, 0) is 50.3 Å². The van der Waals surface area contributed by atoms with Crippen LogP contribution in [0.3, 0.4) is 0 Å².